The number of carbonyl (C=O) groups is 2. The number of hydrogen-bond donors (Lipinski definition) is 1. The Morgan fingerprint density at radius 2 is 1.90 bits per heavy atom. The number of carbonyl (C=O) groups excluding carboxylic acids is 2. The summed E-state index contributed by atoms with van der Waals surface area (Å²) in [6, 6.07) is 13.0. The molecule has 1 aliphatic heterocycles. The first kappa shape index (κ1) is 20.9. The molecule has 1 aliphatic rings. The van der Waals surface area contributed by atoms with Crippen LogP contribution in [0.1, 0.15) is 36.2 Å². The van der Waals surface area contributed by atoms with Crippen LogP contribution in [0, 0.1) is 0 Å². The van der Waals surface area contributed by atoms with Gasteiger partial charge in [-0.3, -0.25) is 9.10 Å². The predicted molar refractivity (Wildman–Crippen MR) is 109 cm³/mol. The molecule has 7 nitrogen and oxygen atoms in total. The average Bonchev–Trinajstić information content (AvgIpc) is 2.71. The first-order valence-corrected chi connectivity index (χ1v) is 10.9. The number of ether oxygens (including phenoxy) is 1. The van der Waals surface area contributed by atoms with E-state index in [1.165, 1.54) is 28.6 Å². The molecule has 1 heterocycles. The molecular weight excluding hydrogens is 392 g/mol. The largest absolute Gasteiger partial charge is 0.452 e. The number of nitrogens with zero attached hydrogens (tertiary/aromatic N) is 1. The summed E-state index contributed by atoms with van der Waals surface area (Å²) in [4.78, 5) is 23.9. The fraction of sp³-hybridized carbons (Fsp3) is 0.333. The number of benzene rings is 2. The van der Waals surface area contributed by atoms with Crippen molar-refractivity contribution in [2.24, 2.45) is 0 Å². The van der Waals surface area contributed by atoms with E-state index in [2.05, 4.69) is 5.32 Å². The molecule has 0 aromatic heterocycles. The zero-order chi connectivity index (χ0) is 21.0. The second kappa shape index (κ2) is 8.65. The van der Waals surface area contributed by atoms with Gasteiger partial charge in [-0.15, -0.1) is 0 Å². The van der Waals surface area contributed by atoms with Gasteiger partial charge in [-0.2, -0.15) is 0 Å². The van der Waals surface area contributed by atoms with Crippen molar-refractivity contribution >= 4 is 27.6 Å². The minimum atomic E-state index is -3.83. The van der Waals surface area contributed by atoms with Gasteiger partial charge in [0.2, 0.25) is 0 Å². The highest BCUT2D eigenvalue weighted by atomic mass is 32.2. The summed E-state index contributed by atoms with van der Waals surface area (Å²) in [6.45, 7) is 3.55. The minimum Gasteiger partial charge on any atom is -0.452 e. The van der Waals surface area contributed by atoms with Crippen molar-refractivity contribution in [3.05, 3.63) is 59.7 Å². The van der Waals surface area contributed by atoms with Crippen LogP contribution < -0.4 is 9.62 Å². The normalized spacial score (nSPS) is 13.7. The van der Waals surface area contributed by atoms with E-state index in [0.29, 0.717) is 12.2 Å². The van der Waals surface area contributed by atoms with E-state index < -0.39 is 28.5 Å². The van der Waals surface area contributed by atoms with Crippen LogP contribution in [-0.2, 0) is 26.0 Å². The summed E-state index contributed by atoms with van der Waals surface area (Å²) in [5, 5.41) is 2.62. The van der Waals surface area contributed by atoms with E-state index in [1.807, 2.05) is 18.2 Å². The molecule has 3 rings (SSSR count). The summed E-state index contributed by atoms with van der Waals surface area (Å²) >= 11 is 0. The Morgan fingerprint density at radius 3 is 2.66 bits per heavy atom. The molecule has 0 spiro atoms. The van der Waals surface area contributed by atoms with Gasteiger partial charge >= 0.3 is 5.97 Å². The molecule has 0 bridgehead atoms. The Kier molecular flexibility index (Phi) is 6.22. The van der Waals surface area contributed by atoms with Gasteiger partial charge in [-0.25, -0.2) is 13.2 Å². The molecule has 0 atom stereocenters. The van der Waals surface area contributed by atoms with Crippen LogP contribution in [0.2, 0.25) is 0 Å². The number of esters is 1. The highest BCUT2D eigenvalue weighted by Gasteiger charge is 2.29. The van der Waals surface area contributed by atoms with Crippen molar-refractivity contribution in [2.75, 3.05) is 17.5 Å². The molecule has 0 saturated carbocycles. The standard InChI is InChI=1S/C21H24N2O5S/c1-15(2)22-20(24)14-28-21(25)17-8-5-10-18(13-17)29(26,27)23-12-6-9-16-7-3-4-11-19(16)23/h3-5,7-8,10-11,13,15H,6,9,12,14H2,1-2H3,(H,22,24). The lowest BCUT2D eigenvalue weighted by Gasteiger charge is -2.30. The molecule has 2 aromatic carbocycles. The molecule has 0 fully saturated rings. The number of fused-ring (bicyclic) bond motifs is 1. The minimum absolute atomic E-state index is 0.00952. The molecular formula is C21H24N2O5S. The lowest BCUT2D eigenvalue weighted by atomic mass is 10.0. The second-order valence-electron chi connectivity index (χ2n) is 7.14. The number of aryl methyl sites for hydroxylation is 1. The molecule has 29 heavy (non-hydrogen) atoms. The van der Waals surface area contributed by atoms with Crippen molar-refractivity contribution in [3.63, 3.8) is 0 Å². The summed E-state index contributed by atoms with van der Waals surface area (Å²) in [5.41, 5.74) is 1.72. The fourth-order valence-electron chi connectivity index (χ4n) is 3.24. The maximum absolute atomic E-state index is 13.2. The molecule has 154 valence electrons. The van der Waals surface area contributed by atoms with Gasteiger partial charge < -0.3 is 10.1 Å². The molecule has 0 radical (unpaired) electrons. The van der Waals surface area contributed by atoms with Gasteiger partial charge in [-0.05, 0) is 56.5 Å². The Hall–Kier alpha value is -2.87. The summed E-state index contributed by atoms with van der Waals surface area (Å²) in [6.07, 6.45) is 1.55. The van der Waals surface area contributed by atoms with Crippen molar-refractivity contribution in [3.8, 4) is 0 Å². The maximum atomic E-state index is 13.2. The van der Waals surface area contributed by atoms with E-state index in [9.17, 15) is 18.0 Å². The summed E-state index contributed by atoms with van der Waals surface area (Å²) in [5.74, 6) is -1.16. The van der Waals surface area contributed by atoms with Gasteiger partial charge in [0.05, 0.1) is 16.1 Å². The maximum Gasteiger partial charge on any atom is 0.338 e. The number of para-hydroxylation sites is 1. The Labute approximate surface area is 170 Å². The van der Waals surface area contributed by atoms with Gasteiger partial charge in [0.15, 0.2) is 6.61 Å². The van der Waals surface area contributed by atoms with E-state index in [-0.39, 0.29) is 16.5 Å². The first-order valence-electron chi connectivity index (χ1n) is 9.46. The molecule has 8 heteroatoms. The van der Waals surface area contributed by atoms with Crippen LogP contribution in [0.4, 0.5) is 5.69 Å². The molecule has 0 aliphatic carbocycles. The Bertz CT molecular complexity index is 1020. The smallest absolute Gasteiger partial charge is 0.338 e. The third-order valence-corrected chi connectivity index (χ3v) is 6.32. The number of rotatable bonds is 6. The van der Waals surface area contributed by atoms with Crippen molar-refractivity contribution in [1.29, 1.82) is 0 Å². The average molecular weight is 416 g/mol. The van der Waals surface area contributed by atoms with Crippen LogP contribution in [0.3, 0.4) is 0 Å². The highest BCUT2D eigenvalue weighted by Crippen LogP contribution is 2.31. The van der Waals surface area contributed by atoms with Gasteiger partial charge in [0, 0.05) is 12.6 Å². The van der Waals surface area contributed by atoms with E-state index in [1.54, 1.807) is 19.9 Å². The first-order chi connectivity index (χ1) is 13.8. The lowest BCUT2D eigenvalue weighted by Crippen LogP contribution is -2.35. The van der Waals surface area contributed by atoms with E-state index in [4.69, 9.17) is 4.74 Å². The molecule has 1 amide bonds. The van der Waals surface area contributed by atoms with Gasteiger partial charge in [0.1, 0.15) is 0 Å². The molecule has 1 N–H and O–H groups in total. The Balaban J connectivity index is 1.80. The molecule has 2 aromatic rings. The van der Waals surface area contributed by atoms with Crippen molar-refractivity contribution < 1.29 is 22.7 Å². The fourth-order valence-corrected chi connectivity index (χ4v) is 4.83. The molecule has 0 unspecified atom stereocenters. The molecule has 0 saturated heterocycles. The number of amides is 1. The Morgan fingerprint density at radius 1 is 1.14 bits per heavy atom. The van der Waals surface area contributed by atoms with Crippen LogP contribution in [-0.4, -0.2) is 39.5 Å². The predicted octanol–water partition coefficient (Wildman–Crippen LogP) is 2.51. The third-order valence-electron chi connectivity index (χ3n) is 4.51. The van der Waals surface area contributed by atoms with Gasteiger partial charge in [-0.1, -0.05) is 24.3 Å². The van der Waals surface area contributed by atoms with Crippen LogP contribution >= 0.6 is 0 Å². The summed E-state index contributed by atoms with van der Waals surface area (Å²) in [7, 11) is -3.83. The second-order valence-corrected chi connectivity index (χ2v) is 9.00. The van der Waals surface area contributed by atoms with Crippen molar-refractivity contribution in [2.45, 2.75) is 37.6 Å². The van der Waals surface area contributed by atoms with Crippen LogP contribution in [0.5, 0.6) is 0 Å². The van der Waals surface area contributed by atoms with E-state index in [0.717, 1.165) is 18.4 Å². The number of nitrogens with one attached hydrogen (secondary N) is 1. The van der Waals surface area contributed by atoms with Gasteiger partial charge in [0.25, 0.3) is 15.9 Å². The van der Waals surface area contributed by atoms with Crippen molar-refractivity contribution in [1.82, 2.24) is 5.32 Å². The van der Waals surface area contributed by atoms with E-state index >= 15 is 0 Å². The number of hydrogen-bond acceptors (Lipinski definition) is 5. The highest BCUT2D eigenvalue weighted by molar-refractivity contribution is 7.92. The number of sulfonamides is 1. The van der Waals surface area contributed by atoms with Crippen LogP contribution in [0.25, 0.3) is 0 Å². The van der Waals surface area contributed by atoms with Crippen LogP contribution in [0.15, 0.2) is 53.4 Å². The lowest BCUT2D eigenvalue weighted by molar-refractivity contribution is -0.124. The topological polar surface area (TPSA) is 92.8 Å². The SMILES string of the molecule is CC(C)NC(=O)COC(=O)c1cccc(S(=O)(=O)N2CCCc3ccccc32)c1. The summed E-state index contributed by atoms with van der Waals surface area (Å²) < 4.78 is 32.8. The monoisotopic (exact) mass is 416 g/mol. The quantitative estimate of drug-likeness (QED) is 0.731. The zero-order valence-corrected chi connectivity index (χ0v) is 17.2. The zero-order valence-electron chi connectivity index (χ0n) is 16.4. The third kappa shape index (κ3) is 4.76. The number of anilines is 1.